The average Bonchev–Trinajstić information content (AvgIpc) is 2.78. The van der Waals surface area contributed by atoms with E-state index in [4.69, 9.17) is 4.74 Å². The zero-order valence-electron chi connectivity index (χ0n) is 8.71. The Morgan fingerprint density at radius 2 is 2.38 bits per heavy atom. The average molecular weight is 287 g/mol. The Bertz CT molecular complexity index is 400. The number of hydrogen-bond acceptors (Lipinski definition) is 2. The van der Waals surface area contributed by atoms with E-state index in [1.807, 2.05) is 0 Å². The van der Waals surface area contributed by atoms with Gasteiger partial charge in [-0.1, -0.05) is 12.1 Å². The number of benzene rings is 1. The summed E-state index contributed by atoms with van der Waals surface area (Å²) < 4.78 is 18.8. The number of rotatable bonds is 3. The largest absolute Gasteiger partial charge is 0.381 e. The molecule has 1 aromatic carbocycles. The van der Waals surface area contributed by atoms with Crippen molar-refractivity contribution >= 4 is 21.7 Å². The van der Waals surface area contributed by atoms with E-state index < -0.39 is 0 Å². The van der Waals surface area contributed by atoms with Crippen LogP contribution in [0.4, 0.5) is 4.39 Å². The first kappa shape index (κ1) is 11.7. The maximum absolute atomic E-state index is 13.2. The van der Waals surface area contributed by atoms with Gasteiger partial charge < -0.3 is 4.74 Å². The van der Waals surface area contributed by atoms with Crippen molar-refractivity contribution in [2.45, 2.75) is 12.8 Å². The fourth-order valence-corrected chi connectivity index (χ4v) is 2.21. The van der Waals surface area contributed by atoms with Gasteiger partial charge in [0.25, 0.3) is 0 Å². The third kappa shape index (κ3) is 2.50. The second-order valence-corrected chi connectivity index (χ2v) is 4.71. The number of carbonyl (C=O) groups excluding carboxylic acids is 1. The highest BCUT2D eigenvalue weighted by atomic mass is 79.9. The third-order valence-electron chi connectivity index (χ3n) is 2.78. The van der Waals surface area contributed by atoms with Gasteiger partial charge in [-0.25, -0.2) is 4.39 Å². The van der Waals surface area contributed by atoms with Crippen LogP contribution >= 0.6 is 15.9 Å². The molecule has 4 heteroatoms. The fourth-order valence-electron chi connectivity index (χ4n) is 1.81. The Morgan fingerprint density at radius 3 is 3.06 bits per heavy atom. The van der Waals surface area contributed by atoms with Crippen molar-refractivity contribution in [3.05, 3.63) is 34.1 Å². The van der Waals surface area contributed by atoms with Crippen LogP contribution in [0.15, 0.2) is 22.7 Å². The second-order valence-electron chi connectivity index (χ2n) is 3.92. The number of halogens is 2. The number of Topliss-reactive ketones (excluding diaryl/α,β-unsaturated/α-hetero) is 1. The van der Waals surface area contributed by atoms with E-state index in [0.29, 0.717) is 23.2 Å². The first-order valence-electron chi connectivity index (χ1n) is 5.22. The Balaban J connectivity index is 2.08. The number of carbonyl (C=O) groups is 1. The molecule has 0 bridgehead atoms. The topological polar surface area (TPSA) is 26.3 Å². The van der Waals surface area contributed by atoms with Gasteiger partial charge in [0.05, 0.1) is 11.1 Å². The lowest BCUT2D eigenvalue weighted by Crippen LogP contribution is -2.17. The minimum absolute atomic E-state index is 0.0184. The van der Waals surface area contributed by atoms with E-state index in [-0.39, 0.29) is 23.9 Å². The summed E-state index contributed by atoms with van der Waals surface area (Å²) in [7, 11) is 0. The quantitative estimate of drug-likeness (QED) is 0.854. The van der Waals surface area contributed by atoms with Gasteiger partial charge in [-0.3, -0.25) is 4.79 Å². The molecule has 1 aliphatic rings. The molecule has 1 aliphatic heterocycles. The van der Waals surface area contributed by atoms with E-state index in [2.05, 4.69) is 15.9 Å². The number of ketones is 1. The highest BCUT2D eigenvalue weighted by Gasteiger charge is 2.24. The van der Waals surface area contributed by atoms with Gasteiger partial charge >= 0.3 is 0 Å². The summed E-state index contributed by atoms with van der Waals surface area (Å²) in [5.41, 5.74) is 0.705. The molecule has 0 aromatic heterocycles. The molecule has 1 unspecified atom stereocenters. The predicted octanol–water partition coefficient (Wildman–Crippen LogP) is 2.74. The van der Waals surface area contributed by atoms with Crippen LogP contribution in [0.5, 0.6) is 0 Å². The first-order valence-corrected chi connectivity index (χ1v) is 6.01. The van der Waals surface area contributed by atoms with Gasteiger partial charge in [0.15, 0.2) is 0 Å². The molecule has 1 fully saturated rings. The zero-order valence-corrected chi connectivity index (χ0v) is 10.3. The molecule has 1 saturated heterocycles. The zero-order chi connectivity index (χ0) is 11.5. The van der Waals surface area contributed by atoms with Crippen molar-refractivity contribution in [3.63, 3.8) is 0 Å². The standard InChI is InChI=1S/C12H12BrFO2/c13-12-8(2-1-3-10(12)14)6-11(15)9-4-5-16-7-9/h1-3,9H,4-7H2. The summed E-state index contributed by atoms with van der Waals surface area (Å²) in [6.45, 7) is 1.16. The lowest BCUT2D eigenvalue weighted by Gasteiger charge is -2.08. The van der Waals surface area contributed by atoms with Gasteiger partial charge in [-0.15, -0.1) is 0 Å². The molecule has 1 atom stereocenters. The van der Waals surface area contributed by atoms with Crippen molar-refractivity contribution in [2.24, 2.45) is 5.92 Å². The van der Waals surface area contributed by atoms with Gasteiger partial charge in [0.2, 0.25) is 0 Å². The van der Waals surface area contributed by atoms with Gasteiger partial charge in [-0.2, -0.15) is 0 Å². The van der Waals surface area contributed by atoms with Crippen molar-refractivity contribution in [1.29, 1.82) is 0 Å². The van der Waals surface area contributed by atoms with Crippen LogP contribution < -0.4 is 0 Å². The molecule has 1 heterocycles. The van der Waals surface area contributed by atoms with Crippen LogP contribution in [0.1, 0.15) is 12.0 Å². The predicted molar refractivity (Wildman–Crippen MR) is 61.7 cm³/mol. The molecular weight excluding hydrogens is 275 g/mol. The molecule has 0 amide bonds. The normalized spacial score (nSPS) is 20.0. The molecule has 0 spiro atoms. The van der Waals surface area contributed by atoms with Crippen molar-refractivity contribution in [1.82, 2.24) is 0 Å². The van der Waals surface area contributed by atoms with Crippen molar-refractivity contribution in [3.8, 4) is 0 Å². The summed E-state index contributed by atoms with van der Waals surface area (Å²) in [6.07, 6.45) is 1.05. The Kier molecular flexibility index (Phi) is 3.71. The fraction of sp³-hybridized carbons (Fsp3) is 0.417. The third-order valence-corrected chi connectivity index (χ3v) is 3.67. The molecule has 86 valence electrons. The van der Waals surface area contributed by atoms with E-state index in [9.17, 15) is 9.18 Å². The van der Waals surface area contributed by atoms with Crippen molar-refractivity contribution in [2.75, 3.05) is 13.2 Å². The van der Waals surface area contributed by atoms with E-state index in [1.165, 1.54) is 6.07 Å². The van der Waals surface area contributed by atoms with Gasteiger partial charge in [0.1, 0.15) is 11.6 Å². The lowest BCUT2D eigenvalue weighted by molar-refractivity contribution is -0.122. The molecule has 1 aromatic rings. The summed E-state index contributed by atoms with van der Waals surface area (Å²) >= 11 is 3.16. The van der Waals surface area contributed by atoms with Crippen LogP contribution in [0.3, 0.4) is 0 Å². The molecular formula is C12H12BrFO2. The molecule has 2 rings (SSSR count). The molecule has 0 saturated carbocycles. The highest BCUT2D eigenvalue weighted by molar-refractivity contribution is 9.10. The summed E-state index contributed by atoms with van der Waals surface area (Å²) in [4.78, 5) is 11.9. The molecule has 16 heavy (non-hydrogen) atoms. The Labute approximate surface area is 102 Å². The molecule has 2 nitrogen and oxygen atoms in total. The number of hydrogen-bond donors (Lipinski definition) is 0. The van der Waals surface area contributed by atoms with E-state index in [1.54, 1.807) is 12.1 Å². The maximum atomic E-state index is 13.2. The van der Waals surface area contributed by atoms with Crippen LogP contribution in [0.2, 0.25) is 0 Å². The smallest absolute Gasteiger partial charge is 0.142 e. The van der Waals surface area contributed by atoms with Crippen LogP contribution in [-0.4, -0.2) is 19.0 Å². The van der Waals surface area contributed by atoms with E-state index >= 15 is 0 Å². The Hall–Kier alpha value is -0.740. The second kappa shape index (κ2) is 5.06. The minimum atomic E-state index is -0.326. The van der Waals surface area contributed by atoms with Gasteiger partial charge in [0, 0.05) is 18.9 Å². The summed E-state index contributed by atoms with van der Waals surface area (Å²) in [6, 6.07) is 4.76. The molecule has 0 N–H and O–H groups in total. The van der Waals surface area contributed by atoms with Crippen LogP contribution in [0, 0.1) is 11.7 Å². The van der Waals surface area contributed by atoms with Gasteiger partial charge in [-0.05, 0) is 34.0 Å². The van der Waals surface area contributed by atoms with Crippen LogP contribution in [-0.2, 0) is 16.0 Å². The van der Waals surface area contributed by atoms with Crippen molar-refractivity contribution < 1.29 is 13.9 Å². The first-order chi connectivity index (χ1) is 7.68. The minimum Gasteiger partial charge on any atom is -0.381 e. The SMILES string of the molecule is O=C(Cc1cccc(F)c1Br)C1CCOC1. The Morgan fingerprint density at radius 1 is 1.56 bits per heavy atom. The monoisotopic (exact) mass is 286 g/mol. The molecule has 0 radical (unpaired) electrons. The lowest BCUT2D eigenvalue weighted by atomic mass is 9.97. The summed E-state index contributed by atoms with van der Waals surface area (Å²) in [5, 5.41) is 0. The highest BCUT2D eigenvalue weighted by Crippen LogP contribution is 2.23. The summed E-state index contributed by atoms with van der Waals surface area (Å²) in [5.74, 6) is -0.216. The van der Waals surface area contributed by atoms with E-state index in [0.717, 1.165) is 6.42 Å². The van der Waals surface area contributed by atoms with Crippen LogP contribution in [0.25, 0.3) is 0 Å². The molecule has 0 aliphatic carbocycles. The number of ether oxygens (including phenoxy) is 1. The maximum Gasteiger partial charge on any atom is 0.142 e.